The predicted molar refractivity (Wildman–Crippen MR) is 97.9 cm³/mol. The van der Waals surface area contributed by atoms with E-state index in [1.54, 1.807) is 0 Å². The molecule has 0 saturated carbocycles. The number of ether oxygens (including phenoxy) is 1. The molecule has 2 nitrogen and oxygen atoms in total. The Balaban J connectivity index is 1.97. The van der Waals surface area contributed by atoms with Gasteiger partial charge in [0.2, 0.25) is 0 Å². The van der Waals surface area contributed by atoms with Crippen molar-refractivity contribution in [3.05, 3.63) is 12.2 Å². The molecule has 0 N–H and O–H groups in total. The average Bonchev–Trinajstić information content (AvgIpc) is 2.49. The number of hydrogen-bond acceptors (Lipinski definition) is 2. The highest BCUT2D eigenvalue weighted by molar-refractivity contribution is 14.1. The monoisotopic (exact) mass is 406 g/mol. The highest BCUT2D eigenvalue weighted by Gasteiger charge is 2.26. The van der Waals surface area contributed by atoms with Crippen molar-refractivity contribution in [1.82, 2.24) is 0 Å². The number of carbonyl (C=O) groups is 1. The molecule has 1 aliphatic rings. The van der Waals surface area contributed by atoms with Crippen LogP contribution in [0.5, 0.6) is 0 Å². The molecule has 0 bridgehead atoms. The number of rotatable bonds is 11. The third-order valence-corrected chi connectivity index (χ3v) is 5.48. The van der Waals surface area contributed by atoms with Crippen molar-refractivity contribution in [3.8, 4) is 0 Å². The molecule has 1 fully saturated rings. The highest BCUT2D eigenvalue weighted by atomic mass is 127. The van der Waals surface area contributed by atoms with Crippen molar-refractivity contribution in [2.75, 3.05) is 0 Å². The van der Waals surface area contributed by atoms with Crippen LogP contribution in [-0.2, 0) is 9.53 Å². The van der Waals surface area contributed by atoms with E-state index in [2.05, 4.69) is 41.7 Å². The number of alkyl halides is 1. The van der Waals surface area contributed by atoms with Gasteiger partial charge in [-0.2, -0.15) is 0 Å². The summed E-state index contributed by atoms with van der Waals surface area (Å²) in [6.07, 6.45) is 19.1. The minimum absolute atomic E-state index is 0.00784. The molecule has 0 aliphatic carbocycles. The fraction of sp³-hybridized carbons (Fsp3) is 0.833. The summed E-state index contributed by atoms with van der Waals surface area (Å²) in [6, 6.07) is 0. The van der Waals surface area contributed by atoms with Crippen LogP contribution in [0.3, 0.4) is 0 Å². The average molecular weight is 406 g/mol. The van der Waals surface area contributed by atoms with Gasteiger partial charge in [0.15, 0.2) is 0 Å². The van der Waals surface area contributed by atoms with Crippen molar-refractivity contribution in [2.45, 2.75) is 94.0 Å². The Morgan fingerprint density at radius 2 is 1.90 bits per heavy atom. The fourth-order valence-electron chi connectivity index (χ4n) is 2.71. The molecule has 1 saturated heterocycles. The number of hydrogen-bond donors (Lipinski definition) is 0. The second kappa shape index (κ2) is 12.5. The van der Waals surface area contributed by atoms with Crippen molar-refractivity contribution in [3.63, 3.8) is 0 Å². The Labute approximate surface area is 144 Å². The van der Waals surface area contributed by atoms with Crippen LogP contribution in [0.4, 0.5) is 0 Å². The van der Waals surface area contributed by atoms with Gasteiger partial charge < -0.3 is 4.74 Å². The second-order valence-corrected chi connectivity index (χ2v) is 7.64. The van der Waals surface area contributed by atoms with Crippen LogP contribution < -0.4 is 0 Å². The lowest BCUT2D eigenvalue weighted by Gasteiger charge is -2.26. The molecule has 1 rings (SSSR count). The first kappa shape index (κ1) is 19.0. The van der Waals surface area contributed by atoms with Gasteiger partial charge in [0.25, 0.3) is 0 Å². The number of allylic oxidation sites excluding steroid dienone is 2. The number of cyclic esters (lactones) is 1. The first-order valence-electron chi connectivity index (χ1n) is 8.72. The van der Waals surface area contributed by atoms with Crippen molar-refractivity contribution in [1.29, 1.82) is 0 Å². The maximum atomic E-state index is 11.3. The van der Waals surface area contributed by atoms with Crippen LogP contribution in [0.1, 0.15) is 84.0 Å². The Morgan fingerprint density at radius 3 is 2.67 bits per heavy atom. The van der Waals surface area contributed by atoms with Gasteiger partial charge >= 0.3 is 5.97 Å². The first-order chi connectivity index (χ1) is 10.2. The maximum absolute atomic E-state index is 11.3. The molecule has 122 valence electrons. The smallest absolute Gasteiger partial charge is 0.306 e. The number of unbranched alkanes of at least 4 members (excludes halogenated alkanes) is 6. The van der Waals surface area contributed by atoms with Crippen molar-refractivity contribution in [2.24, 2.45) is 0 Å². The second-order valence-electron chi connectivity index (χ2n) is 6.04. The standard InChI is InChI=1S/C18H31IO2/c1-2-3-4-5-6-7-8-9-10-11-13-16(19)17-14-12-15-18(20)21-17/h9-10,16-17H,2-8,11-15H2,1H3/b10-9-. The molecular formula is C18H31IO2. The van der Waals surface area contributed by atoms with Crippen LogP contribution >= 0.6 is 22.6 Å². The van der Waals surface area contributed by atoms with E-state index >= 15 is 0 Å². The zero-order valence-corrected chi connectivity index (χ0v) is 15.6. The summed E-state index contributed by atoms with van der Waals surface area (Å²) in [5.74, 6) is -0.00784. The van der Waals surface area contributed by atoms with Crippen LogP contribution in [0.25, 0.3) is 0 Å². The molecule has 0 aromatic rings. The van der Waals surface area contributed by atoms with Gasteiger partial charge in [-0.3, -0.25) is 4.79 Å². The molecule has 0 spiro atoms. The predicted octanol–water partition coefficient (Wildman–Crippen LogP) is 5.97. The van der Waals surface area contributed by atoms with Crippen molar-refractivity contribution < 1.29 is 9.53 Å². The normalized spacial score (nSPS) is 20.7. The van der Waals surface area contributed by atoms with E-state index in [-0.39, 0.29) is 12.1 Å². The lowest BCUT2D eigenvalue weighted by atomic mass is 10.0. The molecule has 2 unspecified atom stereocenters. The summed E-state index contributed by atoms with van der Waals surface area (Å²) in [5, 5.41) is 0. The minimum atomic E-state index is -0.00784. The van der Waals surface area contributed by atoms with E-state index in [0.717, 1.165) is 25.7 Å². The molecule has 1 heterocycles. The van der Waals surface area contributed by atoms with E-state index in [1.807, 2.05) is 0 Å². The van der Waals surface area contributed by atoms with Crippen molar-refractivity contribution >= 4 is 28.6 Å². The Hall–Kier alpha value is -0.0600. The molecule has 0 amide bonds. The highest BCUT2D eigenvalue weighted by Crippen LogP contribution is 2.25. The van der Waals surface area contributed by atoms with Gasteiger partial charge in [-0.15, -0.1) is 0 Å². The van der Waals surface area contributed by atoms with E-state index in [4.69, 9.17) is 4.74 Å². The molecule has 3 heteroatoms. The summed E-state index contributed by atoms with van der Waals surface area (Å²) in [7, 11) is 0. The number of halogens is 1. The van der Waals surface area contributed by atoms with Gasteiger partial charge in [0.05, 0.1) is 0 Å². The lowest BCUT2D eigenvalue weighted by Crippen LogP contribution is -2.30. The van der Waals surface area contributed by atoms with E-state index in [9.17, 15) is 4.79 Å². The van der Waals surface area contributed by atoms with Crippen LogP contribution in [0, 0.1) is 0 Å². The third-order valence-electron chi connectivity index (χ3n) is 4.06. The van der Waals surface area contributed by atoms with Crippen LogP contribution in [0.15, 0.2) is 12.2 Å². The van der Waals surface area contributed by atoms with Gasteiger partial charge in [-0.05, 0) is 38.5 Å². The topological polar surface area (TPSA) is 26.3 Å². The Bertz CT molecular complexity index is 302. The fourth-order valence-corrected chi connectivity index (χ4v) is 3.57. The summed E-state index contributed by atoms with van der Waals surface area (Å²) < 4.78 is 5.88. The maximum Gasteiger partial charge on any atom is 0.306 e. The minimum Gasteiger partial charge on any atom is -0.461 e. The van der Waals surface area contributed by atoms with E-state index in [0.29, 0.717) is 10.3 Å². The quantitative estimate of drug-likeness (QED) is 0.139. The molecule has 0 aromatic carbocycles. The lowest BCUT2D eigenvalue weighted by molar-refractivity contribution is -0.153. The van der Waals surface area contributed by atoms with Gasteiger partial charge in [0.1, 0.15) is 6.10 Å². The largest absolute Gasteiger partial charge is 0.461 e. The van der Waals surface area contributed by atoms with Crippen LogP contribution in [-0.4, -0.2) is 16.0 Å². The SMILES string of the molecule is CCCCCCCC/C=C\CCC(I)C1CCCC(=O)O1. The Morgan fingerprint density at radius 1 is 1.19 bits per heavy atom. The molecule has 21 heavy (non-hydrogen) atoms. The molecule has 0 aromatic heterocycles. The summed E-state index contributed by atoms with van der Waals surface area (Å²) in [5.41, 5.74) is 0. The summed E-state index contributed by atoms with van der Waals surface area (Å²) in [6.45, 7) is 2.26. The van der Waals surface area contributed by atoms with Gasteiger partial charge in [0, 0.05) is 10.3 Å². The Kier molecular flexibility index (Phi) is 11.3. The number of esters is 1. The van der Waals surface area contributed by atoms with E-state index < -0.39 is 0 Å². The van der Waals surface area contributed by atoms with Gasteiger partial charge in [-0.1, -0.05) is 73.8 Å². The summed E-state index contributed by atoms with van der Waals surface area (Å²) in [4.78, 5) is 11.3. The summed E-state index contributed by atoms with van der Waals surface area (Å²) >= 11 is 2.45. The molecular weight excluding hydrogens is 375 g/mol. The molecule has 2 atom stereocenters. The zero-order valence-electron chi connectivity index (χ0n) is 13.5. The van der Waals surface area contributed by atoms with Gasteiger partial charge in [-0.25, -0.2) is 0 Å². The number of carbonyl (C=O) groups excluding carboxylic acids is 1. The van der Waals surface area contributed by atoms with Crippen LogP contribution in [0.2, 0.25) is 0 Å². The molecule has 1 aliphatic heterocycles. The third kappa shape index (κ3) is 9.54. The zero-order chi connectivity index (χ0) is 15.3. The first-order valence-corrected chi connectivity index (χ1v) is 9.97. The van der Waals surface area contributed by atoms with E-state index in [1.165, 1.54) is 44.9 Å². The molecule has 0 radical (unpaired) electrons.